The van der Waals surface area contributed by atoms with E-state index in [1.54, 1.807) is 31.5 Å². The van der Waals surface area contributed by atoms with E-state index in [1.165, 1.54) is 6.07 Å². The molecule has 0 saturated heterocycles. The summed E-state index contributed by atoms with van der Waals surface area (Å²) in [4.78, 5) is 16.3. The number of halogens is 3. The van der Waals surface area contributed by atoms with E-state index in [2.05, 4.69) is 26.2 Å². The standard InChI is InChI=1S/C13H14BrClFN3O/c1-6(15)12-18-10-4-8(14)9(16)5-11(10)19(12)7(2)13(20)17-3/h4-7H,1-3H3,(H,17,20). The molecule has 2 rings (SSSR count). The van der Waals surface area contributed by atoms with Gasteiger partial charge in [-0.15, -0.1) is 11.6 Å². The van der Waals surface area contributed by atoms with Crippen molar-refractivity contribution in [3.05, 3.63) is 28.2 Å². The molecule has 0 spiro atoms. The summed E-state index contributed by atoms with van der Waals surface area (Å²) >= 11 is 9.26. The van der Waals surface area contributed by atoms with Crippen molar-refractivity contribution in [1.82, 2.24) is 14.9 Å². The Bertz CT molecular complexity index is 671. The molecule has 2 unspecified atom stereocenters. The van der Waals surface area contributed by atoms with E-state index >= 15 is 0 Å². The highest BCUT2D eigenvalue weighted by molar-refractivity contribution is 9.10. The van der Waals surface area contributed by atoms with Crippen LogP contribution >= 0.6 is 27.5 Å². The van der Waals surface area contributed by atoms with Crippen LogP contribution in [0.5, 0.6) is 0 Å². The van der Waals surface area contributed by atoms with Crippen molar-refractivity contribution in [3.8, 4) is 0 Å². The number of imidazole rings is 1. The van der Waals surface area contributed by atoms with E-state index < -0.39 is 17.2 Å². The topological polar surface area (TPSA) is 46.9 Å². The fourth-order valence-electron chi connectivity index (χ4n) is 2.12. The molecule has 20 heavy (non-hydrogen) atoms. The molecule has 0 bridgehead atoms. The molecule has 1 amide bonds. The minimum atomic E-state index is -0.526. The normalized spacial score (nSPS) is 14.3. The zero-order chi connectivity index (χ0) is 15.0. The molecule has 1 aromatic carbocycles. The Morgan fingerprint density at radius 3 is 2.70 bits per heavy atom. The monoisotopic (exact) mass is 361 g/mol. The fraction of sp³-hybridized carbons (Fsp3) is 0.385. The molecule has 1 heterocycles. The van der Waals surface area contributed by atoms with E-state index in [0.717, 1.165) is 0 Å². The molecule has 0 aliphatic carbocycles. The second-order valence-electron chi connectivity index (χ2n) is 4.50. The first-order chi connectivity index (χ1) is 9.36. The Kier molecular flexibility index (Phi) is 4.34. The SMILES string of the molecule is CNC(=O)C(C)n1c(C(C)Cl)nc2cc(Br)c(F)cc21. The van der Waals surface area contributed by atoms with Crippen LogP contribution in [-0.2, 0) is 4.79 Å². The summed E-state index contributed by atoms with van der Waals surface area (Å²) in [6.07, 6.45) is 0. The van der Waals surface area contributed by atoms with Gasteiger partial charge < -0.3 is 9.88 Å². The Balaban J connectivity index is 2.74. The summed E-state index contributed by atoms with van der Waals surface area (Å²) in [5, 5.41) is 2.18. The predicted octanol–water partition coefficient (Wildman–Crippen LogP) is 3.54. The number of hydrogen-bond acceptors (Lipinski definition) is 2. The van der Waals surface area contributed by atoms with E-state index in [1.807, 2.05) is 0 Å². The van der Waals surface area contributed by atoms with Gasteiger partial charge >= 0.3 is 0 Å². The van der Waals surface area contributed by atoms with Gasteiger partial charge in [-0.1, -0.05) is 0 Å². The largest absolute Gasteiger partial charge is 0.357 e. The van der Waals surface area contributed by atoms with Crippen molar-refractivity contribution in [2.75, 3.05) is 7.05 Å². The molecule has 0 saturated carbocycles. The lowest BCUT2D eigenvalue weighted by Gasteiger charge is -2.17. The van der Waals surface area contributed by atoms with Gasteiger partial charge in [0.15, 0.2) is 0 Å². The minimum absolute atomic E-state index is 0.189. The summed E-state index contributed by atoms with van der Waals surface area (Å²) in [7, 11) is 1.55. The molecule has 0 radical (unpaired) electrons. The third-order valence-electron chi connectivity index (χ3n) is 3.13. The highest BCUT2D eigenvalue weighted by Gasteiger charge is 2.23. The highest BCUT2D eigenvalue weighted by Crippen LogP contribution is 2.31. The number of fused-ring (bicyclic) bond motifs is 1. The van der Waals surface area contributed by atoms with Gasteiger partial charge in [-0.25, -0.2) is 9.37 Å². The average molecular weight is 363 g/mol. The summed E-state index contributed by atoms with van der Waals surface area (Å²) in [5.74, 6) is -0.0574. The first-order valence-electron chi connectivity index (χ1n) is 6.09. The maximum absolute atomic E-state index is 13.8. The number of likely N-dealkylation sites (N-methyl/N-ethyl adjacent to an activating group) is 1. The van der Waals surface area contributed by atoms with Crippen molar-refractivity contribution in [1.29, 1.82) is 0 Å². The Labute approximate surface area is 129 Å². The number of hydrogen-bond donors (Lipinski definition) is 1. The van der Waals surface area contributed by atoms with Crippen molar-refractivity contribution in [2.45, 2.75) is 25.3 Å². The summed E-state index contributed by atoms with van der Waals surface area (Å²) < 4.78 is 15.8. The summed E-state index contributed by atoms with van der Waals surface area (Å²) in [5.41, 5.74) is 1.14. The quantitative estimate of drug-likeness (QED) is 0.849. The number of alkyl halides is 1. The lowest BCUT2D eigenvalue weighted by atomic mass is 10.2. The number of carbonyl (C=O) groups is 1. The summed E-state index contributed by atoms with van der Waals surface area (Å²) in [6.45, 7) is 3.49. The molecule has 0 aliphatic rings. The zero-order valence-electron chi connectivity index (χ0n) is 11.2. The van der Waals surface area contributed by atoms with Crippen LogP contribution in [0, 0.1) is 5.82 Å². The van der Waals surface area contributed by atoms with Crippen molar-refractivity contribution in [3.63, 3.8) is 0 Å². The number of carbonyl (C=O) groups excluding carboxylic acids is 1. The number of amides is 1. The van der Waals surface area contributed by atoms with Gasteiger partial charge in [-0.05, 0) is 35.8 Å². The highest BCUT2D eigenvalue weighted by atomic mass is 79.9. The van der Waals surface area contributed by atoms with Crippen LogP contribution in [0.3, 0.4) is 0 Å². The van der Waals surface area contributed by atoms with Gasteiger partial charge in [-0.2, -0.15) is 0 Å². The summed E-state index contributed by atoms with van der Waals surface area (Å²) in [6, 6.07) is 2.41. The third kappa shape index (κ3) is 2.54. The molecule has 0 fully saturated rings. The second-order valence-corrected chi connectivity index (χ2v) is 6.01. The predicted molar refractivity (Wildman–Crippen MR) is 80.4 cm³/mol. The van der Waals surface area contributed by atoms with Crippen LogP contribution in [0.1, 0.15) is 31.1 Å². The molecular weight excluding hydrogens is 349 g/mol. The van der Waals surface area contributed by atoms with Gasteiger partial charge in [0.1, 0.15) is 17.7 Å². The smallest absolute Gasteiger partial charge is 0.242 e. The zero-order valence-corrected chi connectivity index (χ0v) is 13.6. The molecule has 2 aromatic rings. The second kappa shape index (κ2) is 5.69. The van der Waals surface area contributed by atoms with Crippen LogP contribution in [0.15, 0.2) is 16.6 Å². The minimum Gasteiger partial charge on any atom is -0.357 e. The molecule has 1 N–H and O–H groups in total. The van der Waals surface area contributed by atoms with Gasteiger partial charge in [-0.3, -0.25) is 4.79 Å². The molecular formula is C13H14BrClFN3O. The molecule has 1 aromatic heterocycles. The number of nitrogens with one attached hydrogen (secondary N) is 1. The van der Waals surface area contributed by atoms with Gasteiger partial charge in [0.05, 0.1) is 20.9 Å². The Morgan fingerprint density at radius 1 is 1.50 bits per heavy atom. The molecule has 7 heteroatoms. The molecule has 108 valence electrons. The number of aromatic nitrogens is 2. The van der Waals surface area contributed by atoms with Crippen molar-refractivity contribution < 1.29 is 9.18 Å². The molecule has 2 atom stereocenters. The number of rotatable bonds is 3. The van der Waals surface area contributed by atoms with Gasteiger partial charge in [0.2, 0.25) is 5.91 Å². The van der Waals surface area contributed by atoms with Crippen molar-refractivity contribution >= 4 is 44.5 Å². The fourth-order valence-corrected chi connectivity index (χ4v) is 2.61. The first-order valence-corrected chi connectivity index (χ1v) is 7.32. The van der Waals surface area contributed by atoms with E-state index in [4.69, 9.17) is 11.6 Å². The van der Waals surface area contributed by atoms with Crippen LogP contribution in [0.25, 0.3) is 11.0 Å². The Hall–Kier alpha value is -1.14. The lowest BCUT2D eigenvalue weighted by Crippen LogP contribution is -2.28. The Morgan fingerprint density at radius 2 is 2.15 bits per heavy atom. The number of benzene rings is 1. The van der Waals surface area contributed by atoms with E-state index in [9.17, 15) is 9.18 Å². The van der Waals surface area contributed by atoms with E-state index in [0.29, 0.717) is 21.3 Å². The molecule has 0 aliphatic heterocycles. The van der Waals surface area contributed by atoms with Gasteiger partial charge in [0.25, 0.3) is 0 Å². The first kappa shape index (κ1) is 15.3. The maximum atomic E-state index is 13.8. The van der Waals surface area contributed by atoms with Crippen LogP contribution in [0.4, 0.5) is 4.39 Å². The lowest BCUT2D eigenvalue weighted by molar-refractivity contribution is -0.123. The van der Waals surface area contributed by atoms with Crippen LogP contribution in [0.2, 0.25) is 0 Å². The van der Waals surface area contributed by atoms with Crippen LogP contribution in [-0.4, -0.2) is 22.5 Å². The number of nitrogens with zero attached hydrogens (tertiary/aromatic N) is 2. The van der Waals surface area contributed by atoms with Crippen LogP contribution < -0.4 is 5.32 Å². The van der Waals surface area contributed by atoms with E-state index in [-0.39, 0.29) is 5.91 Å². The van der Waals surface area contributed by atoms with Crippen molar-refractivity contribution in [2.24, 2.45) is 0 Å². The molecule has 4 nitrogen and oxygen atoms in total. The van der Waals surface area contributed by atoms with Gasteiger partial charge in [0, 0.05) is 13.1 Å². The third-order valence-corrected chi connectivity index (χ3v) is 3.93. The average Bonchev–Trinajstić information content (AvgIpc) is 2.76. The maximum Gasteiger partial charge on any atom is 0.242 e.